The highest BCUT2D eigenvalue weighted by atomic mass is 15.3. The maximum absolute atomic E-state index is 5.33. The highest BCUT2D eigenvalue weighted by Crippen LogP contribution is 2.12. The molecule has 0 spiro atoms. The molecule has 1 aromatic heterocycles. The zero-order chi connectivity index (χ0) is 7.68. The number of nitrogens with zero attached hydrogens (tertiary/aromatic N) is 2. The Morgan fingerprint density at radius 1 is 1.55 bits per heavy atom. The van der Waals surface area contributed by atoms with E-state index < -0.39 is 0 Å². The Labute approximate surface area is 64.5 Å². The summed E-state index contributed by atoms with van der Waals surface area (Å²) in [6.07, 6.45) is 3.88. The van der Waals surface area contributed by atoms with Crippen molar-refractivity contribution in [3.63, 3.8) is 0 Å². The number of anilines is 1. The van der Waals surface area contributed by atoms with Crippen molar-refractivity contribution in [2.75, 3.05) is 5.73 Å². The van der Waals surface area contributed by atoms with Crippen LogP contribution in [0.2, 0.25) is 0 Å². The first-order valence-electron chi connectivity index (χ1n) is 3.26. The van der Waals surface area contributed by atoms with Gasteiger partial charge in [-0.3, -0.25) is 5.10 Å². The molecule has 11 heavy (non-hydrogen) atoms. The monoisotopic (exact) mass is 145 g/mol. The van der Waals surface area contributed by atoms with Crippen molar-refractivity contribution in [1.29, 1.82) is 0 Å². The average molecular weight is 145 g/mol. The number of hydrogen-bond donors (Lipinski definition) is 2. The van der Waals surface area contributed by atoms with Crippen LogP contribution in [0.4, 0.5) is 5.95 Å². The maximum atomic E-state index is 5.33. The Kier molecular flexibility index (Phi) is 1.28. The third kappa shape index (κ3) is 1.04. The van der Waals surface area contributed by atoms with Crippen LogP contribution in [0.3, 0.4) is 0 Å². The summed E-state index contributed by atoms with van der Waals surface area (Å²) in [6.45, 7) is 0. The van der Waals surface area contributed by atoms with Gasteiger partial charge in [0.15, 0.2) is 7.28 Å². The first kappa shape index (κ1) is 6.21. The van der Waals surface area contributed by atoms with Crippen LogP contribution in [-0.4, -0.2) is 22.5 Å². The first-order chi connectivity index (χ1) is 5.36. The number of nitrogens with one attached hydrogen (secondary N) is 1. The fraction of sp³-hybridized carbons (Fsp3) is 0. The van der Waals surface area contributed by atoms with Crippen LogP contribution in [-0.2, 0) is 0 Å². The summed E-state index contributed by atoms with van der Waals surface area (Å²) in [7, 11) is 1.94. The number of aromatic nitrogens is 3. The van der Waals surface area contributed by atoms with Crippen LogP contribution in [0.25, 0.3) is 5.47 Å². The molecule has 4 nitrogen and oxygen atoms in total. The van der Waals surface area contributed by atoms with Gasteiger partial charge in [-0.05, 0) is 5.47 Å². The van der Waals surface area contributed by atoms with Crippen molar-refractivity contribution in [3.05, 3.63) is 24.0 Å². The van der Waals surface area contributed by atoms with Gasteiger partial charge in [-0.25, -0.2) is 0 Å². The van der Waals surface area contributed by atoms with Gasteiger partial charge >= 0.3 is 0 Å². The predicted molar refractivity (Wildman–Crippen MR) is 43.7 cm³/mol. The molecular formula is C6H6BN4. The quantitative estimate of drug-likeness (QED) is 0.544. The molecule has 53 valence electrons. The summed E-state index contributed by atoms with van der Waals surface area (Å²) in [5.74, 6) is 2.93. The summed E-state index contributed by atoms with van der Waals surface area (Å²) >= 11 is 0. The Bertz CT molecular complexity index is 325. The predicted octanol–water partition coefficient (Wildman–Crippen LogP) is -0.0407. The van der Waals surface area contributed by atoms with Gasteiger partial charge in [0.1, 0.15) is 5.82 Å². The molecule has 1 aliphatic rings. The van der Waals surface area contributed by atoms with E-state index in [1.54, 1.807) is 0 Å². The van der Waals surface area contributed by atoms with Crippen molar-refractivity contribution < 1.29 is 0 Å². The minimum absolute atomic E-state index is 0.279. The molecule has 0 amide bonds. The number of aromatic amines is 1. The van der Waals surface area contributed by atoms with Gasteiger partial charge in [-0.1, -0.05) is 12.2 Å². The van der Waals surface area contributed by atoms with Gasteiger partial charge in [0, 0.05) is 0 Å². The van der Waals surface area contributed by atoms with Crippen molar-refractivity contribution in [2.24, 2.45) is 0 Å². The molecule has 0 aliphatic carbocycles. The highest BCUT2D eigenvalue weighted by molar-refractivity contribution is 6.66. The van der Waals surface area contributed by atoms with Crippen LogP contribution in [0.15, 0.2) is 18.1 Å². The maximum Gasteiger partial charge on any atom is 0.239 e. The van der Waals surface area contributed by atoms with E-state index in [2.05, 4.69) is 15.2 Å². The van der Waals surface area contributed by atoms with E-state index in [0.717, 1.165) is 5.47 Å². The van der Waals surface area contributed by atoms with Crippen LogP contribution in [0.5, 0.6) is 0 Å². The van der Waals surface area contributed by atoms with Crippen LogP contribution in [0, 0.1) is 0 Å². The van der Waals surface area contributed by atoms with Gasteiger partial charge in [0.05, 0.1) is 0 Å². The third-order valence-electron chi connectivity index (χ3n) is 1.44. The molecule has 2 rings (SSSR count). The fourth-order valence-electron chi connectivity index (χ4n) is 0.936. The van der Waals surface area contributed by atoms with Crippen LogP contribution >= 0.6 is 0 Å². The molecule has 1 aromatic rings. The lowest BCUT2D eigenvalue weighted by Crippen LogP contribution is -1.92. The second-order valence-electron chi connectivity index (χ2n) is 2.22. The standard InChI is InChI=1S/C6H6BN4/c8-6-9-5(10-11-6)4-2-1-3-7-4/h1-3H,(H3,8,9,10,11). The topological polar surface area (TPSA) is 67.6 Å². The normalized spacial score (nSPS) is 14.7. The number of nitrogen functional groups attached to an aromatic ring is 1. The SMILES string of the molecule is Nc1n[nH]c(C2=CC=C[B]2)n1. The van der Waals surface area contributed by atoms with E-state index in [-0.39, 0.29) is 5.95 Å². The second kappa shape index (κ2) is 2.27. The van der Waals surface area contributed by atoms with Gasteiger partial charge in [0.25, 0.3) is 0 Å². The summed E-state index contributed by atoms with van der Waals surface area (Å²) in [5, 5.41) is 6.44. The molecular weight excluding hydrogens is 139 g/mol. The molecule has 1 radical (unpaired) electrons. The van der Waals surface area contributed by atoms with Gasteiger partial charge in [0.2, 0.25) is 5.95 Å². The number of nitrogens with two attached hydrogens (primary N) is 1. The smallest absolute Gasteiger partial charge is 0.239 e. The molecule has 0 atom stereocenters. The summed E-state index contributed by atoms with van der Waals surface area (Å²) in [6, 6.07) is 0. The first-order valence-corrected chi connectivity index (χ1v) is 3.26. The zero-order valence-corrected chi connectivity index (χ0v) is 5.78. The van der Waals surface area contributed by atoms with E-state index in [1.807, 2.05) is 25.4 Å². The number of allylic oxidation sites excluding steroid dienone is 2. The molecule has 2 heterocycles. The summed E-state index contributed by atoms with van der Waals surface area (Å²) in [4.78, 5) is 3.96. The molecule has 0 saturated carbocycles. The third-order valence-corrected chi connectivity index (χ3v) is 1.44. The lowest BCUT2D eigenvalue weighted by atomic mass is 9.73. The molecule has 0 fully saturated rings. The second-order valence-corrected chi connectivity index (χ2v) is 2.22. The molecule has 0 unspecified atom stereocenters. The van der Waals surface area contributed by atoms with Crippen molar-refractivity contribution >= 4 is 18.7 Å². The molecule has 5 heteroatoms. The largest absolute Gasteiger partial charge is 0.366 e. The summed E-state index contributed by atoms with van der Waals surface area (Å²) in [5.41, 5.74) is 6.34. The number of rotatable bonds is 1. The molecule has 1 aliphatic heterocycles. The Hall–Kier alpha value is -1.52. The van der Waals surface area contributed by atoms with E-state index in [4.69, 9.17) is 5.73 Å². The molecule has 3 N–H and O–H groups in total. The average Bonchev–Trinajstić information content (AvgIpc) is 2.55. The fourth-order valence-corrected chi connectivity index (χ4v) is 0.936. The van der Waals surface area contributed by atoms with E-state index in [1.165, 1.54) is 0 Å². The van der Waals surface area contributed by atoms with Crippen molar-refractivity contribution in [2.45, 2.75) is 0 Å². The Balaban J connectivity index is 2.30. The van der Waals surface area contributed by atoms with E-state index in [0.29, 0.717) is 5.82 Å². The van der Waals surface area contributed by atoms with Crippen LogP contribution in [0.1, 0.15) is 5.82 Å². The lowest BCUT2D eigenvalue weighted by molar-refractivity contribution is 1.08. The Morgan fingerprint density at radius 3 is 3.00 bits per heavy atom. The minimum Gasteiger partial charge on any atom is -0.366 e. The van der Waals surface area contributed by atoms with Gasteiger partial charge < -0.3 is 5.73 Å². The van der Waals surface area contributed by atoms with E-state index in [9.17, 15) is 0 Å². The minimum atomic E-state index is 0.279. The van der Waals surface area contributed by atoms with Gasteiger partial charge in [-0.15, -0.1) is 11.1 Å². The molecule has 0 saturated heterocycles. The molecule has 0 aromatic carbocycles. The van der Waals surface area contributed by atoms with E-state index >= 15 is 0 Å². The van der Waals surface area contributed by atoms with Crippen molar-refractivity contribution in [3.8, 4) is 0 Å². The highest BCUT2D eigenvalue weighted by Gasteiger charge is 2.07. The zero-order valence-electron chi connectivity index (χ0n) is 5.78. The molecule has 0 bridgehead atoms. The Morgan fingerprint density at radius 2 is 2.45 bits per heavy atom. The van der Waals surface area contributed by atoms with Gasteiger partial charge in [-0.2, -0.15) is 4.98 Å². The lowest BCUT2D eigenvalue weighted by Gasteiger charge is -1.90. The summed E-state index contributed by atoms with van der Waals surface area (Å²) < 4.78 is 0. The number of H-pyrrole nitrogens is 1. The van der Waals surface area contributed by atoms with Crippen molar-refractivity contribution in [1.82, 2.24) is 15.2 Å². The number of hydrogen-bond acceptors (Lipinski definition) is 3. The van der Waals surface area contributed by atoms with Crippen LogP contribution < -0.4 is 5.73 Å².